The van der Waals surface area contributed by atoms with Gasteiger partial charge in [0.05, 0.1) is 6.42 Å². The molecular formula is C21H22N2O4. The lowest BCUT2D eigenvalue weighted by molar-refractivity contribution is -0.134. The zero-order valence-electron chi connectivity index (χ0n) is 15.0. The summed E-state index contributed by atoms with van der Waals surface area (Å²) >= 11 is 0. The second-order valence-corrected chi connectivity index (χ2v) is 6.89. The molecule has 1 unspecified atom stereocenters. The molecule has 27 heavy (non-hydrogen) atoms. The molecule has 1 aliphatic heterocycles. The molecule has 6 nitrogen and oxygen atoms in total. The van der Waals surface area contributed by atoms with Gasteiger partial charge in [0.25, 0.3) is 5.91 Å². The standard InChI is InChI=1S/C21H22N2O4/c24-20(12-14-9-10-15-5-1-2-6-16(15)11-14)22-23-21(25)19-13-26-17-7-3-4-8-18(17)27-19/h3-4,7-11,19H,1-2,5-6,12-13H2,(H,22,24)(H,23,25). The fourth-order valence-corrected chi connectivity index (χ4v) is 3.49. The molecular weight excluding hydrogens is 344 g/mol. The van der Waals surface area contributed by atoms with E-state index in [2.05, 4.69) is 23.0 Å². The summed E-state index contributed by atoms with van der Waals surface area (Å²) in [4.78, 5) is 24.4. The van der Waals surface area contributed by atoms with Crippen LogP contribution < -0.4 is 20.3 Å². The van der Waals surface area contributed by atoms with E-state index in [-0.39, 0.29) is 18.9 Å². The number of aryl methyl sites for hydroxylation is 2. The van der Waals surface area contributed by atoms with Crippen molar-refractivity contribution in [3.8, 4) is 11.5 Å². The Balaban J connectivity index is 1.29. The first-order valence-electron chi connectivity index (χ1n) is 9.27. The van der Waals surface area contributed by atoms with E-state index in [1.807, 2.05) is 18.2 Å². The molecule has 1 atom stereocenters. The fourth-order valence-electron chi connectivity index (χ4n) is 3.49. The molecule has 140 valence electrons. The molecule has 0 spiro atoms. The predicted octanol–water partition coefficient (Wildman–Crippen LogP) is 2.10. The van der Waals surface area contributed by atoms with Crippen molar-refractivity contribution >= 4 is 11.8 Å². The van der Waals surface area contributed by atoms with Gasteiger partial charge in [-0.05, 0) is 54.5 Å². The van der Waals surface area contributed by atoms with Crippen LogP contribution in [0.2, 0.25) is 0 Å². The van der Waals surface area contributed by atoms with E-state index < -0.39 is 12.0 Å². The van der Waals surface area contributed by atoms with Crippen LogP contribution in [-0.4, -0.2) is 24.5 Å². The minimum absolute atomic E-state index is 0.101. The van der Waals surface area contributed by atoms with Crippen molar-refractivity contribution in [2.75, 3.05) is 6.61 Å². The Hall–Kier alpha value is -3.02. The summed E-state index contributed by atoms with van der Waals surface area (Å²) in [5, 5.41) is 0. The number of carbonyl (C=O) groups excluding carboxylic acids is 2. The number of fused-ring (bicyclic) bond motifs is 2. The zero-order valence-corrected chi connectivity index (χ0v) is 15.0. The normalized spacial score (nSPS) is 17.6. The number of ether oxygens (including phenoxy) is 2. The lowest BCUT2D eigenvalue weighted by Gasteiger charge is -2.25. The highest BCUT2D eigenvalue weighted by atomic mass is 16.6. The van der Waals surface area contributed by atoms with Crippen LogP contribution >= 0.6 is 0 Å². The minimum atomic E-state index is -0.802. The lowest BCUT2D eigenvalue weighted by atomic mass is 9.90. The monoisotopic (exact) mass is 366 g/mol. The Labute approximate surface area is 157 Å². The Morgan fingerprint density at radius 2 is 1.74 bits per heavy atom. The van der Waals surface area contributed by atoms with Crippen LogP contribution in [0.15, 0.2) is 42.5 Å². The van der Waals surface area contributed by atoms with Crippen LogP contribution in [0, 0.1) is 0 Å². The van der Waals surface area contributed by atoms with Crippen LogP contribution in [0.4, 0.5) is 0 Å². The van der Waals surface area contributed by atoms with Crippen LogP contribution in [0.25, 0.3) is 0 Å². The van der Waals surface area contributed by atoms with E-state index in [1.54, 1.807) is 12.1 Å². The van der Waals surface area contributed by atoms with Gasteiger partial charge in [-0.2, -0.15) is 0 Å². The van der Waals surface area contributed by atoms with Crippen molar-refractivity contribution in [1.82, 2.24) is 10.9 Å². The summed E-state index contributed by atoms with van der Waals surface area (Å²) < 4.78 is 11.1. The first-order chi connectivity index (χ1) is 13.2. The molecule has 1 heterocycles. The maximum Gasteiger partial charge on any atom is 0.283 e. The van der Waals surface area contributed by atoms with Crippen LogP contribution in [-0.2, 0) is 28.9 Å². The van der Waals surface area contributed by atoms with Gasteiger partial charge >= 0.3 is 0 Å². The highest BCUT2D eigenvalue weighted by Gasteiger charge is 2.27. The zero-order chi connectivity index (χ0) is 18.6. The van der Waals surface area contributed by atoms with E-state index in [0.717, 1.165) is 18.4 Å². The average Bonchev–Trinajstić information content (AvgIpc) is 2.71. The number of hydrogen-bond acceptors (Lipinski definition) is 4. The van der Waals surface area contributed by atoms with E-state index in [4.69, 9.17) is 9.47 Å². The third kappa shape index (κ3) is 4.05. The Morgan fingerprint density at radius 3 is 2.59 bits per heavy atom. The Morgan fingerprint density at radius 1 is 0.963 bits per heavy atom. The topological polar surface area (TPSA) is 76.7 Å². The van der Waals surface area contributed by atoms with E-state index in [9.17, 15) is 9.59 Å². The molecule has 1 aliphatic carbocycles. The third-order valence-corrected chi connectivity index (χ3v) is 4.90. The minimum Gasteiger partial charge on any atom is -0.485 e. The number of carbonyl (C=O) groups is 2. The van der Waals surface area contributed by atoms with Gasteiger partial charge in [-0.25, -0.2) is 0 Å². The molecule has 2 N–H and O–H groups in total. The summed E-state index contributed by atoms with van der Waals surface area (Å²) in [7, 11) is 0. The molecule has 6 heteroatoms. The summed E-state index contributed by atoms with van der Waals surface area (Å²) in [6, 6.07) is 13.4. The summed E-state index contributed by atoms with van der Waals surface area (Å²) in [6.45, 7) is 0.101. The second-order valence-electron chi connectivity index (χ2n) is 6.89. The predicted molar refractivity (Wildman–Crippen MR) is 99.4 cm³/mol. The Bertz CT molecular complexity index is 865. The van der Waals surface area contributed by atoms with Crippen LogP contribution in [0.3, 0.4) is 0 Å². The first kappa shape index (κ1) is 17.4. The van der Waals surface area contributed by atoms with Crippen molar-refractivity contribution in [2.24, 2.45) is 0 Å². The van der Waals surface area contributed by atoms with Crippen molar-refractivity contribution < 1.29 is 19.1 Å². The SMILES string of the molecule is O=C(Cc1ccc2c(c1)CCCC2)NNC(=O)C1COc2ccccc2O1. The molecule has 0 fully saturated rings. The van der Waals surface area contributed by atoms with Crippen molar-refractivity contribution in [3.63, 3.8) is 0 Å². The highest BCUT2D eigenvalue weighted by molar-refractivity contribution is 5.86. The molecule has 2 aliphatic rings. The van der Waals surface area contributed by atoms with Crippen molar-refractivity contribution in [1.29, 1.82) is 0 Å². The first-order valence-corrected chi connectivity index (χ1v) is 9.27. The van der Waals surface area contributed by atoms with Gasteiger partial charge in [0, 0.05) is 0 Å². The number of amides is 2. The molecule has 0 saturated heterocycles. The number of hydrogen-bond donors (Lipinski definition) is 2. The van der Waals surface area contributed by atoms with Gasteiger partial charge in [0.1, 0.15) is 6.61 Å². The number of para-hydroxylation sites is 2. The number of hydrazine groups is 1. The van der Waals surface area contributed by atoms with E-state index in [1.165, 1.54) is 24.0 Å². The summed E-state index contributed by atoms with van der Waals surface area (Å²) in [5.41, 5.74) is 8.55. The number of benzene rings is 2. The molecule has 4 rings (SSSR count). The second kappa shape index (κ2) is 7.70. The van der Waals surface area contributed by atoms with Gasteiger partial charge in [-0.3, -0.25) is 20.4 Å². The van der Waals surface area contributed by atoms with Gasteiger partial charge in [-0.15, -0.1) is 0 Å². The van der Waals surface area contributed by atoms with E-state index in [0.29, 0.717) is 11.5 Å². The van der Waals surface area contributed by atoms with E-state index >= 15 is 0 Å². The van der Waals surface area contributed by atoms with Gasteiger partial charge in [-0.1, -0.05) is 30.3 Å². The Kier molecular flexibility index (Phi) is 4.96. The summed E-state index contributed by atoms with van der Waals surface area (Å²) in [6.07, 6.45) is 4.04. The number of nitrogens with one attached hydrogen (secondary N) is 2. The van der Waals surface area contributed by atoms with Crippen molar-refractivity contribution in [3.05, 3.63) is 59.2 Å². The maximum absolute atomic E-state index is 12.2. The van der Waals surface area contributed by atoms with Crippen LogP contribution in [0.5, 0.6) is 11.5 Å². The molecule has 0 aromatic heterocycles. The highest BCUT2D eigenvalue weighted by Crippen LogP contribution is 2.30. The largest absolute Gasteiger partial charge is 0.485 e. The molecule has 2 aromatic rings. The van der Waals surface area contributed by atoms with Gasteiger partial charge < -0.3 is 9.47 Å². The lowest BCUT2D eigenvalue weighted by Crippen LogP contribution is -2.51. The van der Waals surface area contributed by atoms with Crippen molar-refractivity contribution in [2.45, 2.75) is 38.2 Å². The molecule has 0 radical (unpaired) electrons. The molecule has 0 bridgehead atoms. The summed E-state index contributed by atoms with van der Waals surface area (Å²) in [5.74, 6) is 0.418. The van der Waals surface area contributed by atoms with Gasteiger partial charge in [0.15, 0.2) is 11.5 Å². The maximum atomic E-state index is 12.2. The smallest absolute Gasteiger partial charge is 0.283 e. The van der Waals surface area contributed by atoms with Gasteiger partial charge in [0.2, 0.25) is 12.0 Å². The molecule has 2 amide bonds. The number of rotatable bonds is 3. The van der Waals surface area contributed by atoms with Crippen LogP contribution in [0.1, 0.15) is 29.5 Å². The third-order valence-electron chi connectivity index (χ3n) is 4.90. The average molecular weight is 366 g/mol. The quantitative estimate of drug-likeness (QED) is 0.816. The fraction of sp³-hybridized carbons (Fsp3) is 0.333. The molecule has 2 aromatic carbocycles. The molecule has 0 saturated carbocycles.